The van der Waals surface area contributed by atoms with Crippen LogP contribution in [0.3, 0.4) is 0 Å². The summed E-state index contributed by atoms with van der Waals surface area (Å²) >= 11 is 1.48. The van der Waals surface area contributed by atoms with Crippen molar-refractivity contribution in [1.29, 1.82) is 0 Å². The zero-order valence-corrected chi connectivity index (χ0v) is 19.5. The van der Waals surface area contributed by atoms with Gasteiger partial charge in [0.25, 0.3) is 0 Å². The summed E-state index contributed by atoms with van der Waals surface area (Å²) in [6, 6.07) is 14.9. The highest BCUT2D eigenvalue weighted by atomic mass is 32.2. The number of likely N-dealkylation sites (N-methyl/N-ethyl adjacent to an activating group) is 1. The Bertz CT molecular complexity index is 1080. The molecule has 0 radical (unpaired) electrons. The van der Waals surface area contributed by atoms with Crippen LogP contribution in [0.1, 0.15) is 15.9 Å². The Morgan fingerprint density at radius 1 is 1.06 bits per heavy atom. The zero-order valence-electron chi connectivity index (χ0n) is 18.7. The highest BCUT2D eigenvalue weighted by Crippen LogP contribution is 2.35. The number of ether oxygens (including phenoxy) is 2. The van der Waals surface area contributed by atoms with Gasteiger partial charge in [-0.25, -0.2) is 4.98 Å². The minimum atomic E-state index is -0.449. The molecule has 1 aliphatic heterocycles. The molecule has 0 spiro atoms. The van der Waals surface area contributed by atoms with Crippen molar-refractivity contribution in [1.82, 2.24) is 14.9 Å². The monoisotopic (exact) mass is 465 g/mol. The lowest BCUT2D eigenvalue weighted by Gasteiger charge is -2.32. The van der Waals surface area contributed by atoms with Gasteiger partial charge in [0.05, 0.1) is 18.2 Å². The van der Waals surface area contributed by atoms with Crippen LogP contribution >= 0.6 is 11.8 Å². The fourth-order valence-electron chi connectivity index (χ4n) is 3.37. The SMILES string of the molecule is COc1ccc(COc2nc(N3CCN(C)CC3)ncc2Sc2ccc(C(N)=O)cc2)cc1. The molecule has 2 aromatic carbocycles. The van der Waals surface area contributed by atoms with E-state index >= 15 is 0 Å². The predicted octanol–water partition coefficient (Wildman–Crippen LogP) is 3.07. The van der Waals surface area contributed by atoms with E-state index in [0.29, 0.717) is 24.0 Å². The summed E-state index contributed by atoms with van der Waals surface area (Å²) in [4.78, 5) is 26.9. The van der Waals surface area contributed by atoms with Crippen LogP contribution in [-0.4, -0.2) is 61.1 Å². The van der Waals surface area contributed by atoms with Crippen molar-refractivity contribution in [3.05, 3.63) is 65.9 Å². The molecular formula is C24H27N5O3S. The molecule has 172 valence electrons. The van der Waals surface area contributed by atoms with Crippen molar-refractivity contribution in [3.63, 3.8) is 0 Å². The van der Waals surface area contributed by atoms with E-state index in [1.165, 1.54) is 11.8 Å². The number of benzene rings is 2. The molecule has 2 heterocycles. The zero-order chi connectivity index (χ0) is 23.2. The molecule has 0 unspecified atom stereocenters. The maximum absolute atomic E-state index is 11.4. The number of aromatic nitrogens is 2. The standard InChI is InChI=1S/C24H27N5O3S/c1-28-11-13-29(14-12-28)24-26-15-21(33-20-9-5-18(6-10-20)22(25)30)23(27-24)32-16-17-3-7-19(31-2)8-4-17/h3-10,15H,11-14,16H2,1-2H3,(H2,25,30). The van der Waals surface area contributed by atoms with Crippen LogP contribution in [0, 0.1) is 0 Å². The van der Waals surface area contributed by atoms with Crippen LogP contribution < -0.4 is 20.1 Å². The number of methoxy groups -OCH3 is 1. The molecular weight excluding hydrogens is 438 g/mol. The second kappa shape index (κ2) is 10.5. The van der Waals surface area contributed by atoms with Crippen molar-refractivity contribution < 1.29 is 14.3 Å². The molecule has 0 saturated carbocycles. The number of carbonyl (C=O) groups excluding carboxylic acids is 1. The Kier molecular flexibility index (Phi) is 7.31. The van der Waals surface area contributed by atoms with E-state index in [9.17, 15) is 4.79 Å². The van der Waals surface area contributed by atoms with Crippen molar-refractivity contribution in [2.24, 2.45) is 5.73 Å². The summed E-state index contributed by atoms with van der Waals surface area (Å²) in [5.41, 5.74) is 6.83. The van der Waals surface area contributed by atoms with Gasteiger partial charge in [-0.3, -0.25) is 4.79 Å². The molecule has 1 aromatic heterocycles. The molecule has 0 bridgehead atoms. The summed E-state index contributed by atoms with van der Waals surface area (Å²) in [6.45, 7) is 4.05. The lowest BCUT2D eigenvalue weighted by molar-refractivity contribution is 0.1000. The maximum Gasteiger partial charge on any atom is 0.248 e. The van der Waals surface area contributed by atoms with Crippen LogP contribution in [0.5, 0.6) is 11.6 Å². The van der Waals surface area contributed by atoms with Gasteiger partial charge in [0, 0.05) is 36.6 Å². The Labute approximate surface area is 197 Å². The molecule has 33 heavy (non-hydrogen) atoms. The van der Waals surface area contributed by atoms with Gasteiger partial charge >= 0.3 is 0 Å². The van der Waals surface area contributed by atoms with E-state index in [2.05, 4.69) is 21.8 Å². The largest absolute Gasteiger partial charge is 0.497 e. The van der Waals surface area contributed by atoms with Crippen LogP contribution in [0.2, 0.25) is 0 Å². The molecule has 8 nitrogen and oxygen atoms in total. The Morgan fingerprint density at radius 3 is 2.39 bits per heavy atom. The molecule has 2 N–H and O–H groups in total. The quantitative estimate of drug-likeness (QED) is 0.543. The molecule has 4 rings (SSSR count). The van der Waals surface area contributed by atoms with Crippen molar-refractivity contribution >= 4 is 23.6 Å². The number of anilines is 1. The third-order valence-corrected chi connectivity index (χ3v) is 6.40. The first-order chi connectivity index (χ1) is 16.0. The van der Waals surface area contributed by atoms with Crippen LogP contribution in [0.4, 0.5) is 5.95 Å². The molecule has 0 atom stereocenters. The number of primary amides is 1. The number of nitrogens with zero attached hydrogens (tertiary/aromatic N) is 4. The summed E-state index contributed by atoms with van der Waals surface area (Å²) in [6.07, 6.45) is 1.80. The number of hydrogen-bond donors (Lipinski definition) is 1. The second-order valence-electron chi connectivity index (χ2n) is 7.76. The van der Waals surface area contributed by atoms with Gasteiger partial charge in [-0.2, -0.15) is 4.98 Å². The number of amides is 1. The van der Waals surface area contributed by atoms with Gasteiger partial charge in [0.1, 0.15) is 12.4 Å². The first kappa shape index (κ1) is 22.9. The van der Waals surface area contributed by atoms with E-state index in [4.69, 9.17) is 20.2 Å². The van der Waals surface area contributed by atoms with Crippen molar-refractivity contribution in [2.45, 2.75) is 16.4 Å². The summed E-state index contributed by atoms with van der Waals surface area (Å²) < 4.78 is 11.4. The highest BCUT2D eigenvalue weighted by Gasteiger charge is 2.19. The average molecular weight is 466 g/mol. The van der Waals surface area contributed by atoms with Crippen LogP contribution in [0.25, 0.3) is 0 Å². The fourth-order valence-corrected chi connectivity index (χ4v) is 4.19. The molecule has 3 aromatic rings. The third-order valence-electron chi connectivity index (χ3n) is 5.40. The van der Waals surface area contributed by atoms with Crippen LogP contribution in [-0.2, 0) is 6.61 Å². The smallest absolute Gasteiger partial charge is 0.248 e. The van der Waals surface area contributed by atoms with Gasteiger partial charge in [-0.1, -0.05) is 23.9 Å². The number of piperazine rings is 1. The second-order valence-corrected chi connectivity index (χ2v) is 8.87. The topological polar surface area (TPSA) is 93.8 Å². The van der Waals surface area contributed by atoms with Crippen molar-refractivity contribution in [3.8, 4) is 11.6 Å². The van der Waals surface area contributed by atoms with Crippen LogP contribution in [0.15, 0.2) is 64.5 Å². The molecule has 0 aliphatic carbocycles. The van der Waals surface area contributed by atoms with Gasteiger partial charge in [-0.05, 0) is 49.0 Å². The van der Waals surface area contributed by atoms with Gasteiger partial charge in [0.2, 0.25) is 17.7 Å². The molecule has 9 heteroatoms. The maximum atomic E-state index is 11.4. The van der Waals surface area contributed by atoms with E-state index in [-0.39, 0.29) is 0 Å². The first-order valence-corrected chi connectivity index (χ1v) is 11.5. The van der Waals surface area contributed by atoms with Gasteiger partial charge < -0.3 is 25.0 Å². The molecule has 1 amide bonds. The van der Waals surface area contributed by atoms with Gasteiger partial charge in [0.15, 0.2) is 0 Å². The van der Waals surface area contributed by atoms with E-state index in [1.54, 1.807) is 25.4 Å². The number of rotatable bonds is 8. The van der Waals surface area contributed by atoms with E-state index in [1.807, 2.05) is 36.4 Å². The Hall–Kier alpha value is -3.30. The number of carbonyl (C=O) groups is 1. The minimum Gasteiger partial charge on any atom is -0.497 e. The third kappa shape index (κ3) is 5.94. The summed E-state index contributed by atoms with van der Waals surface area (Å²) in [5, 5.41) is 0. The Balaban J connectivity index is 1.56. The average Bonchev–Trinajstić information content (AvgIpc) is 2.84. The first-order valence-electron chi connectivity index (χ1n) is 10.7. The summed E-state index contributed by atoms with van der Waals surface area (Å²) in [7, 11) is 3.76. The van der Waals surface area contributed by atoms with Crippen molar-refractivity contribution in [2.75, 3.05) is 45.2 Å². The van der Waals surface area contributed by atoms with Gasteiger partial charge in [-0.15, -0.1) is 0 Å². The predicted molar refractivity (Wildman–Crippen MR) is 128 cm³/mol. The molecule has 1 aliphatic rings. The fraction of sp³-hybridized carbons (Fsp3) is 0.292. The van der Waals surface area contributed by atoms with E-state index in [0.717, 1.165) is 47.3 Å². The summed E-state index contributed by atoms with van der Waals surface area (Å²) in [5.74, 6) is 1.55. The lowest BCUT2D eigenvalue weighted by atomic mass is 10.2. The van der Waals surface area contributed by atoms with E-state index < -0.39 is 5.91 Å². The molecule has 1 fully saturated rings. The Morgan fingerprint density at radius 2 is 1.76 bits per heavy atom. The lowest BCUT2D eigenvalue weighted by Crippen LogP contribution is -2.45. The highest BCUT2D eigenvalue weighted by molar-refractivity contribution is 7.99. The molecule has 1 saturated heterocycles. The number of nitrogens with two attached hydrogens (primary N) is 1. The number of hydrogen-bond acceptors (Lipinski definition) is 8. The minimum absolute atomic E-state index is 0.372. The normalized spacial score (nSPS) is 14.2.